The van der Waals surface area contributed by atoms with E-state index in [-0.39, 0.29) is 11.7 Å². The number of aryl methyl sites for hydroxylation is 1. The molecule has 5 heteroatoms. The molecule has 0 N–H and O–H groups in total. The molecule has 0 amide bonds. The lowest BCUT2D eigenvalue weighted by Gasteiger charge is -2.13. The van der Waals surface area contributed by atoms with Crippen LogP contribution in [-0.2, 0) is 6.42 Å². The third-order valence-corrected chi connectivity index (χ3v) is 3.12. The van der Waals surface area contributed by atoms with Gasteiger partial charge in [-0.2, -0.15) is 0 Å². The molecule has 0 aromatic carbocycles. The lowest BCUT2D eigenvalue weighted by Crippen LogP contribution is -2.20. The van der Waals surface area contributed by atoms with Crippen LogP contribution in [0.1, 0.15) is 32.8 Å². The van der Waals surface area contributed by atoms with Gasteiger partial charge in [-0.1, -0.05) is 13.3 Å². The maximum Gasteiger partial charge on any atom is 0.261 e. The van der Waals surface area contributed by atoms with Crippen molar-refractivity contribution in [3.63, 3.8) is 0 Å². The molecule has 0 atom stereocenters. The molecule has 2 heterocycles. The van der Waals surface area contributed by atoms with Crippen LogP contribution in [0.4, 0.5) is 0 Å². The maximum absolute atomic E-state index is 12.4. The molecule has 0 aliphatic heterocycles. The van der Waals surface area contributed by atoms with E-state index in [1.807, 2.05) is 26.8 Å². The maximum atomic E-state index is 12.4. The second-order valence-corrected chi connectivity index (χ2v) is 5.64. The summed E-state index contributed by atoms with van der Waals surface area (Å²) in [6, 6.07) is 1.83. The van der Waals surface area contributed by atoms with E-state index in [2.05, 4.69) is 20.9 Å². The Kier molecular flexibility index (Phi) is 4.24. The lowest BCUT2D eigenvalue weighted by molar-refractivity contribution is 0.243. The number of pyridine rings is 1. The van der Waals surface area contributed by atoms with E-state index in [0.29, 0.717) is 11.4 Å². The van der Waals surface area contributed by atoms with Gasteiger partial charge in [0.05, 0.1) is 6.10 Å². The van der Waals surface area contributed by atoms with Crippen molar-refractivity contribution >= 4 is 21.6 Å². The number of aromatic nitrogens is 2. The van der Waals surface area contributed by atoms with E-state index in [1.165, 1.54) is 0 Å². The molecule has 0 saturated heterocycles. The number of fused-ring (bicyclic) bond motifs is 1. The van der Waals surface area contributed by atoms with E-state index in [4.69, 9.17) is 4.74 Å². The number of ether oxygens (including phenoxy) is 1. The Morgan fingerprint density at radius 3 is 2.84 bits per heavy atom. The molecular formula is C14H17BrN2O2. The van der Waals surface area contributed by atoms with Crippen molar-refractivity contribution in [2.75, 3.05) is 0 Å². The van der Waals surface area contributed by atoms with Crippen LogP contribution >= 0.6 is 15.9 Å². The number of halogens is 1. The summed E-state index contributed by atoms with van der Waals surface area (Å²) in [5.74, 6) is 0.615. The highest BCUT2D eigenvalue weighted by Gasteiger charge is 2.11. The van der Waals surface area contributed by atoms with E-state index in [0.717, 1.165) is 22.9 Å². The molecule has 0 fully saturated rings. The van der Waals surface area contributed by atoms with Crippen LogP contribution in [0.15, 0.2) is 27.7 Å². The lowest BCUT2D eigenvalue weighted by atomic mass is 10.2. The normalized spacial score (nSPS) is 11.2. The standard InChI is InChI=1S/C14H17BrN2O2/c1-4-5-10-7-16-13-12(19-9(2)3)6-11(15)8-17(13)14(10)18/h6-9H,4-5H2,1-3H3. The van der Waals surface area contributed by atoms with E-state index < -0.39 is 0 Å². The third-order valence-electron chi connectivity index (χ3n) is 2.69. The number of nitrogens with zero attached hydrogens (tertiary/aromatic N) is 2. The zero-order valence-corrected chi connectivity index (χ0v) is 12.9. The van der Waals surface area contributed by atoms with Crippen LogP contribution in [0.3, 0.4) is 0 Å². The van der Waals surface area contributed by atoms with Crippen molar-refractivity contribution in [2.45, 2.75) is 39.7 Å². The SMILES string of the molecule is CCCc1cnc2c(OC(C)C)cc(Br)cn2c1=O. The van der Waals surface area contributed by atoms with Gasteiger partial charge in [-0.15, -0.1) is 0 Å². The van der Waals surface area contributed by atoms with Crippen molar-refractivity contribution in [3.8, 4) is 5.75 Å². The zero-order valence-electron chi connectivity index (χ0n) is 11.3. The van der Waals surface area contributed by atoms with Crippen molar-refractivity contribution in [1.82, 2.24) is 9.38 Å². The Morgan fingerprint density at radius 1 is 1.47 bits per heavy atom. The highest BCUT2D eigenvalue weighted by molar-refractivity contribution is 9.10. The van der Waals surface area contributed by atoms with Gasteiger partial charge >= 0.3 is 0 Å². The molecule has 0 saturated carbocycles. The minimum Gasteiger partial charge on any atom is -0.487 e. The molecule has 0 aliphatic carbocycles. The highest BCUT2D eigenvalue weighted by atomic mass is 79.9. The average molecular weight is 325 g/mol. The van der Waals surface area contributed by atoms with Crippen molar-refractivity contribution in [1.29, 1.82) is 0 Å². The van der Waals surface area contributed by atoms with Gasteiger partial charge in [0.1, 0.15) is 0 Å². The van der Waals surface area contributed by atoms with Crippen LogP contribution < -0.4 is 10.3 Å². The van der Waals surface area contributed by atoms with Crippen LogP contribution in [0.2, 0.25) is 0 Å². The molecule has 0 unspecified atom stereocenters. The molecule has 2 aromatic heterocycles. The van der Waals surface area contributed by atoms with Gasteiger partial charge < -0.3 is 4.74 Å². The third kappa shape index (κ3) is 2.97. The fourth-order valence-electron chi connectivity index (χ4n) is 1.94. The summed E-state index contributed by atoms with van der Waals surface area (Å²) in [6.07, 6.45) is 5.08. The predicted molar refractivity (Wildman–Crippen MR) is 78.9 cm³/mol. The second-order valence-electron chi connectivity index (χ2n) is 4.72. The average Bonchev–Trinajstić information content (AvgIpc) is 2.33. The van der Waals surface area contributed by atoms with Gasteiger partial charge in [0.2, 0.25) is 0 Å². The van der Waals surface area contributed by atoms with Crippen LogP contribution in [0.25, 0.3) is 5.65 Å². The van der Waals surface area contributed by atoms with Gasteiger partial charge in [0, 0.05) is 22.4 Å². The Labute approximate surface area is 120 Å². The summed E-state index contributed by atoms with van der Waals surface area (Å²) >= 11 is 3.40. The van der Waals surface area contributed by atoms with E-state index >= 15 is 0 Å². The quantitative estimate of drug-likeness (QED) is 0.867. The van der Waals surface area contributed by atoms with Gasteiger partial charge in [0.15, 0.2) is 11.4 Å². The fourth-order valence-corrected chi connectivity index (χ4v) is 2.35. The molecule has 2 aromatic rings. The number of rotatable bonds is 4. The Hall–Kier alpha value is -1.36. The van der Waals surface area contributed by atoms with E-state index in [1.54, 1.807) is 16.8 Å². The first kappa shape index (κ1) is 14.1. The van der Waals surface area contributed by atoms with Gasteiger partial charge in [-0.25, -0.2) is 4.98 Å². The molecule has 0 radical (unpaired) electrons. The first-order chi connectivity index (χ1) is 9.02. The summed E-state index contributed by atoms with van der Waals surface area (Å²) < 4.78 is 8.06. The number of hydrogen-bond acceptors (Lipinski definition) is 3. The van der Waals surface area contributed by atoms with Gasteiger partial charge in [-0.05, 0) is 42.3 Å². The van der Waals surface area contributed by atoms with E-state index in [9.17, 15) is 4.79 Å². The molecule has 0 bridgehead atoms. The van der Waals surface area contributed by atoms with Gasteiger partial charge in [-0.3, -0.25) is 9.20 Å². The largest absolute Gasteiger partial charge is 0.487 e. The van der Waals surface area contributed by atoms with Crippen LogP contribution in [0.5, 0.6) is 5.75 Å². The zero-order chi connectivity index (χ0) is 14.0. The molecule has 2 rings (SSSR count). The molecule has 102 valence electrons. The second kappa shape index (κ2) is 5.74. The smallest absolute Gasteiger partial charge is 0.261 e. The molecule has 19 heavy (non-hydrogen) atoms. The predicted octanol–water partition coefficient (Wildman–Crippen LogP) is 3.20. The molecule has 4 nitrogen and oxygen atoms in total. The monoisotopic (exact) mass is 324 g/mol. The fraction of sp³-hybridized carbons (Fsp3) is 0.429. The summed E-state index contributed by atoms with van der Waals surface area (Å²) in [5.41, 5.74) is 1.26. The van der Waals surface area contributed by atoms with Crippen molar-refractivity contribution in [3.05, 3.63) is 38.9 Å². The topological polar surface area (TPSA) is 43.6 Å². The van der Waals surface area contributed by atoms with Crippen LogP contribution in [-0.4, -0.2) is 15.5 Å². The number of hydrogen-bond donors (Lipinski definition) is 0. The minimum atomic E-state index is -0.0262. The highest BCUT2D eigenvalue weighted by Crippen LogP contribution is 2.23. The Bertz CT molecular complexity index is 650. The summed E-state index contributed by atoms with van der Waals surface area (Å²) in [7, 11) is 0. The first-order valence-corrected chi connectivity index (χ1v) is 7.18. The molecule has 0 aliphatic rings. The van der Waals surface area contributed by atoms with Crippen molar-refractivity contribution < 1.29 is 4.74 Å². The van der Waals surface area contributed by atoms with Crippen molar-refractivity contribution in [2.24, 2.45) is 0 Å². The molecule has 0 spiro atoms. The van der Waals surface area contributed by atoms with Gasteiger partial charge in [0.25, 0.3) is 5.56 Å². The Balaban J connectivity index is 2.67. The van der Waals surface area contributed by atoms with Crippen LogP contribution in [0, 0.1) is 0 Å². The first-order valence-electron chi connectivity index (χ1n) is 6.39. The summed E-state index contributed by atoms with van der Waals surface area (Å²) in [4.78, 5) is 16.7. The summed E-state index contributed by atoms with van der Waals surface area (Å²) in [6.45, 7) is 5.93. The minimum absolute atomic E-state index is 0.0262. The summed E-state index contributed by atoms with van der Waals surface area (Å²) in [5, 5.41) is 0. The Morgan fingerprint density at radius 2 is 2.21 bits per heavy atom. The molecular weight excluding hydrogens is 308 g/mol.